The molecule has 0 heterocycles. The van der Waals surface area contributed by atoms with Crippen LogP contribution in [0.5, 0.6) is 0 Å². The SMILES string of the molecule is CCCCCCCOC(=O)C(CCCCCCC)(CCCCCCC)C(CCCCCCC)(CCCCCCC)C(CCCCCCC)(CCCCCCC)C(CCCCCC)(CCCCCCC)CCCCCCC. The second-order valence-electron chi connectivity index (χ2n) is 26.2. The molecule has 2 heteroatoms. The van der Waals surface area contributed by atoms with Crippen LogP contribution < -0.4 is 0 Å². The fourth-order valence-corrected chi connectivity index (χ4v) is 15.5. The van der Waals surface area contributed by atoms with Crippen molar-refractivity contribution in [2.24, 2.45) is 21.7 Å². The molecule has 0 aromatic carbocycles. The zero-order valence-corrected chi connectivity index (χ0v) is 55.0. The number of rotatable bonds is 63. The van der Waals surface area contributed by atoms with Crippen LogP contribution in [0.2, 0.25) is 0 Å². The highest BCUT2D eigenvalue weighted by atomic mass is 16.5. The molecule has 0 saturated carbocycles. The molecule has 0 fully saturated rings. The standard InChI is InChI=1S/C74H148O2/c1-11-21-31-41-51-61-71(60-50-40-30-20-10,62-52-42-32-22-12-2)73(65-55-45-35-25-15-5,66-56-46-36-26-16-6)74(67-57-47-37-27-17-7,68-58-48-38-28-18-8)72(63-53-43-33-23-13-3,64-54-44-34-24-14-4)70(75)76-69-59-49-39-29-19-9/h11-69H2,1-10H3. The van der Waals surface area contributed by atoms with Crippen LogP contribution >= 0.6 is 0 Å². The Morgan fingerprint density at radius 1 is 0.224 bits per heavy atom. The summed E-state index contributed by atoms with van der Waals surface area (Å²) >= 11 is 0. The highest BCUT2D eigenvalue weighted by Crippen LogP contribution is 2.74. The van der Waals surface area contributed by atoms with Crippen molar-refractivity contribution in [3.8, 4) is 0 Å². The van der Waals surface area contributed by atoms with E-state index in [1.807, 2.05) is 0 Å². The van der Waals surface area contributed by atoms with E-state index >= 15 is 4.79 Å². The van der Waals surface area contributed by atoms with E-state index in [0.29, 0.717) is 12.6 Å². The fraction of sp³-hybridized carbons (Fsp3) is 0.986. The van der Waals surface area contributed by atoms with E-state index in [1.165, 1.54) is 353 Å². The van der Waals surface area contributed by atoms with Crippen LogP contribution in [0.1, 0.15) is 442 Å². The van der Waals surface area contributed by atoms with E-state index in [4.69, 9.17) is 4.74 Å². The molecule has 0 radical (unpaired) electrons. The van der Waals surface area contributed by atoms with E-state index in [-0.39, 0.29) is 16.2 Å². The van der Waals surface area contributed by atoms with Gasteiger partial charge in [0.15, 0.2) is 0 Å². The lowest BCUT2D eigenvalue weighted by molar-refractivity contribution is -0.218. The maximum atomic E-state index is 17.1. The molecule has 0 aliphatic heterocycles. The minimum Gasteiger partial charge on any atom is -0.465 e. The third kappa shape index (κ3) is 31.1. The van der Waals surface area contributed by atoms with Gasteiger partial charge in [0.2, 0.25) is 0 Å². The topological polar surface area (TPSA) is 26.3 Å². The third-order valence-electron chi connectivity index (χ3n) is 20.0. The minimum absolute atomic E-state index is 0.0830. The first-order valence-electron chi connectivity index (χ1n) is 36.4. The summed E-state index contributed by atoms with van der Waals surface area (Å²) in [4.78, 5) is 17.1. The highest BCUT2D eigenvalue weighted by molar-refractivity contribution is 5.78. The second-order valence-corrected chi connectivity index (χ2v) is 26.2. The molecular weight excluding hydrogens is 921 g/mol. The molecule has 0 atom stereocenters. The summed E-state index contributed by atoms with van der Waals surface area (Å²) in [7, 11) is 0. The Bertz CT molecular complexity index is 1110. The van der Waals surface area contributed by atoms with Gasteiger partial charge in [-0.25, -0.2) is 0 Å². The van der Waals surface area contributed by atoms with Crippen molar-refractivity contribution in [1.29, 1.82) is 0 Å². The Morgan fingerprint density at radius 3 is 0.684 bits per heavy atom. The summed E-state index contributed by atoms with van der Waals surface area (Å²) < 4.78 is 7.29. The van der Waals surface area contributed by atoms with Crippen molar-refractivity contribution in [3.63, 3.8) is 0 Å². The largest absolute Gasteiger partial charge is 0.465 e. The van der Waals surface area contributed by atoms with Crippen molar-refractivity contribution in [3.05, 3.63) is 0 Å². The predicted molar refractivity (Wildman–Crippen MR) is 345 cm³/mol. The highest BCUT2D eigenvalue weighted by Gasteiger charge is 2.69. The second kappa shape index (κ2) is 53.8. The number of esters is 1. The molecule has 0 aromatic rings. The van der Waals surface area contributed by atoms with Gasteiger partial charge in [-0.3, -0.25) is 4.79 Å². The van der Waals surface area contributed by atoms with Gasteiger partial charge in [0.25, 0.3) is 0 Å². The summed E-state index contributed by atoms with van der Waals surface area (Å²) in [5.41, 5.74) is -0.198. The molecule has 0 unspecified atom stereocenters. The molecule has 0 rings (SSSR count). The first kappa shape index (κ1) is 75.5. The van der Waals surface area contributed by atoms with Crippen LogP contribution in [-0.2, 0) is 9.53 Å². The smallest absolute Gasteiger partial charge is 0.312 e. The first-order chi connectivity index (χ1) is 37.3. The van der Waals surface area contributed by atoms with Gasteiger partial charge in [0, 0.05) is 0 Å². The van der Waals surface area contributed by atoms with Gasteiger partial charge >= 0.3 is 5.97 Å². The van der Waals surface area contributed by atoms with Crippen molar-refractivity contribution < 1.29 is 9.53 Å². The van der Waals surface area contributed by atoms with Gasteiger partial charge in [-0.15, -0.1) is 0 Å². The Labute approximate surface area is 483 Å². The Hall–Kier alpha value is -0.530. The Balaban J connectivity index is 9.70. The molecule has 0 N–H and O–H groups in total. The van der Waals surface area contributed by atoms with Gasteiger partial charge in [0.1, 0.15) is 0 Å². The van der Waals surface area contributed by atoms with Crippen LogP contribution in [0.3, 0.4) is 0 Å². The fourth-order valence-electron chi connectivity index (χ4n) is 15.5. The number of carbonyl (C=O) groups excluding carboxylic acids is 1. The molecule has 0 aliphatic rings. The lowest BCUT2D eigenvalue weighted by Crippen LogP contribution is -2.64. The van der Waals surface area contributed by atoms with Gasteiger partial charge in [-0.2, -0.15) is 0 Å². The van der Waals surface area contributed by atoms with E-state index in [0.717, 1.165) is 19.3 Å². The van der Waals surface area contributed by atoms with Gasteiger partial charge < -0.3 is 4.74 Å². The maximum absolute atomic E-state index is 17.1. The monoisotopic (exact) mass is 1070 g/mol. The zero-order chi connectivity index (χ0) is 56.0. The number of unbranched alkanes of at least 4 members (excludes halogenated alkanes) is 39. The lowest BCUT2D eigenvalue weighted by Gasteiger charge is -2.68. The van der Waals surface area contributed by atoms with E-state index < -0.39 is 5.41 Å². The van der Waals surface area contributed by atoms with E-state index in [2.05, 4.69) is 69.2 Å². The molecule has 0 aromatic heterocycles. The minimum atomic E-state index is -0.448. The molecule has 0 spiro atoms. The number of ether oxygens (including phenoxy) is 1. The molecule has 2 nitrogen and oxygen atoms in total. The number of hydrogen-bond donors (Lipinski definition) is 0. The van der Waals surface area contributed by atoms with Gasteiger partial charge in [-0.1, -0.05) is 377 Å². The summed E-state index contributed by atoms with van der Waals surface area (Å²) in [6.45, 7) is 24.7. The average Bonchev–Trinajstić information content (AvgIpc) is 3.42. The van der Waals surface area contributed by atoms with Crippen molar-refractivity contribution in [2.45, 2.75) is 442 Å². The quantitative estimate of drug-likeness (QED) is 0.0448. The van der Waals surface area contributed by atoms with Crippen molar-refractivity contribution in [1.82, 2.24) is 0 Å². The predicted octanol–water partition coefficient (Wildman–Crippen LogP) is 27.3. The normalized spacial score (nSPS) is 12.6. The van der Waals surface area contributed by atoms with Gasteiger partial charge in [0.05, 0.1) is 12.0 Å². The summed E-state index contributed by atoms with van der Waals surface area (Å²) in [6, 6.07) is 0. The summed E-state index contributed by atoms with van der Waals surface area (Å²) in [6.07, 6.45) is 76.5. The molecule has 0 saturated heterocycles. The molecule has 76 heavy (non-hydrogen) atoms. The van der Waals surface area contributed by atoms with Crippen molar-refractivity contribution in [2.75, 3.05) is 6.61 Å². The molecule has 0 amide bonds. The third-order valence-corrected chi connectivity index (χ3v) is 20.0. The summed E-state index contributed by atoms with van der Waals surface area (Å²) in [5, 5.41) is 0. The maximum Gasteiger partial charge on any atom is 0.312 e. The van der Waals surface area contributed by atoms with E-state index in [1.54, 1.807) is 0 Å². The Kier molecular flexibility index (Phi) is 53.4. The number of hydrogen-bond acceptors (Lipinski definition) is 2. The van der Waals surface area contributed by atoms with Crippen LogP contribution in [0.4, 0.5) is 0 Å². The van der Waals surface area contributed by atoms with Crippen LogP contribution in [0, 0.1) is 21.7 Å². The van der Waals surface area contributed by atoms with E-state index in [9.17, 15) is 0 Å². The zero-order valence-electron chi connectivity index (χ0n) is 55.0. The Morgan fingerprint density at radius 2 is 0.421 bits per heavy atom. The van der Waals surface area contributed by atoms with Crippen LogP contribution in [0.15, 0.2) is 0 Å². The molecule has 0 bridgehead atoms. The van der Waals surface area contributed by atoms with Crippen molar-refractivity contribution >= 4 is 5.97 Å². The molecule has 0 aliphatic carbocycles. The first-order valence-corrected chi connectivity index (χ1v) is 36.4. The van der Waals surface area contributed by atoms with Crippen LogP contribution in [0.25, 0.3) is 0 Å². The lowest BCUT2D eigenvalue weighted by atomic mass is 9.35. The molecule has 456 valence electrons. The number of carbonyl (C=O) groups is 1. The van der Waals surface area contributed by atoms with Crippen LogP contribution in [-0.4, -0.2) is 12.6 Å². The molecular formula is C74H148O2. The van der Waals surface area contributed by atoms with Gasteiger partial charge in [-0.05, 0) is 80.5 Å². The summed E-state index contributed by atoms with van der Waals surface area (Å²) in [5.74, 6) is 0.322. The average molecular weight is 1070 g/mol.